The largest absolute Gasteiger partial charge is 0.492 e. The Hall–Kier alpha value is -2.41. The number of hydrogen-bond donors (Lipinski definition) is 2. The van der Waals surface area contributed by atoms with Crippen molar-refractivity contribution in [2.75, 3.05) is 0 Å². The van der Waals surface area contributed by atoms with E-state index >= 15 is 0 Å². The summed E-state index contributed by atoms with van der Waals surface area (Å²) in [6.45, 7) is 0. The molecule has 0 atom stereocenters. The lowest BCUT2D eigenvalue weighted by molar-refractivity contribution is 0.448. The molecule has 0 bridgehead atoms. The van der Waals surface area contributed by atoms with E-state index in [0.29, 0.717) is 10.0 Å². The molecule has 3 rings (SSSR count). The number of aliphatic imine (C=N–C) groups is 2. The van der Waals surface area contributed by atoms with E-state index in [1.165, 1.54) is 0 Å². The van der Waals surface area contributed by atoms with Gasteiger partial charge in [0, 0.05) is 22.5 Å². The van der Waals surface area contributed by atoms with E-state index < -0.39 is 0 Å². The summed E-state index contributed by atoms with van der Waals surface area (Å²) in [5.74, 6) is -0.110. The number of thiol groups is 1. The second-order valence-corrected chi connectivity index (χ2v) is 6.41. The molecule has 0 amide bonds. The van der Waals surface area contributed by atoms with Crippen LogP contribution in [-0.4, -0.2) is 27.5 Å². The molecule has 26 heavy (non-hydrogen) atoms. The lowest BCUT2D eigenvalue weighted by atomic mass is 10.2. The minimum Gasteiger partial charge on any atom is -0.492 e. The van der Waals surface area contributed by atoms with Crippen LogP contribution in [0.3, 0.4) is 0 Å². The van der Waals surface area contributed by atoms with E-state index in [1.54, 1.807) is 48.8 Å². The number of nitrogens with zero attached hydrogens (tertiary/aromatic N) is 4. The molecular weight excluding hydrogens is 391 g/mol. The molecule has 0 fully saturated rings. The molecular formula is C18H12Cl2N4OS. The third-order valence-corrected chi connectivity index (χ3v) is 3.96. The number of rotatable bonds is 4. The average Bonchev–Trinajstić information content (AvgIpc) is 2.62. The first kappa shape index (κ1) is 18.4. The highest BCUT2D eigenvalue weighted by atomic mass is 35.5. The SMILES string of the molecule is Oc1nc(S)nc(/N=C/c2ccc(Cl)cc2)c1/N=C/c1ccc(Cl)cc1. The third-order valence-electron chi connectivity index (χ3n) is 3.25. The monoisotopic (exact) mass is 402 g/mol. The maximum atomic E-state index is 10.1. The van der Waals surface area contributed by atoms with E-state index in [9.17, 15) is 5.11 Å². The highest BCUT2D eigenvalue weighted by molar-refractivity contribution is 7.80. The van der Waals surface area contributed by atoms with Gasteiger partial charge in [0.25, 0.3) is 0 Å². The Kier molecular flexibility index (Phi) is 5.88. The second kappa shape index (κ2) is 8.31. The number of halogens is 2. The first-order valence-electron chi connectivity index (χ1n) is 7.40. The summed E-state index contributed by atoms with van der Waals surface area (Å²) in [6, 6.07) is 14.2. The van der Waals surface area contributed by atoms with Crippen LogP contribution in [0.25, 0.3) is 0 Å². The van der Waals surface area contributed by atoms with Crippen LogP contribution < -0.4 is 0 Å². The first-order valence-corrected chi connectivity index (χ1v) is 8.61. The van der Waals surface area contributed by atoms with Gasteiger partial charge in [0.2, 0.25) is 5.88 Å². The summed E-state index contributed by atoms with van der Waals surface area (Å²) in [6.07, 6.45) is 3.15. The van der Waals surface area contributed by atoms with Gasteiger partial charge in [-0.2, -0.15) is 4.98 Å². The lowest BCUT2D eigenvalue weighted by Gasteiger charge is -2.03. The molecule has 1 aromatic heterocycles. The molecule has 130 valence electrons. The van der Waals surface area contributed by atoms with E-state index in [0.717, 1.165) is 11.1 Å². The maximum absolute atomic E-state index is 10.1. The Balaban J connectivity index is 1.94. The summed E-state index contributed by atoms with van der Waals surface area (Å²) in [5, 5.41) is 11.5. The van der Waals surface area contributed by atoms with Crippen LogP contribution in [0.4, 0.5) is 11.5 Å². The Morgan fingerprint density at radius 2 is 1.31 bits per heavy atom. The second-order valence-electron chi connectivity index (χ2n) is 5.14. The van der Waals surface area contributed by atoms with Crippen molar-refractivity contribution in [2.45, 2.75) is 5.16 Å². The van der Waals surface area contributed by atoms with Crippen LogP contribution in [0.5, 0.6) is 5.88 Å². The predicted octanol–water partition coefficient (Wildman–Crippen LogP) is 5.28. The summed E-state index contributed by atoms with van der Waals surface area (Å²) < 4.78 is 0. The smallest absolute Gasteiger partial charge is 0.243 e. The van der Waals surface area contributed by atoms with Gasteiger partial charge in [0.1, 0.15) is 0 Å². The molecule has 0 saturated heterocycles. The molecule has 8 heteroatoms. The zero-order chi connectivity index (χ0) is 18.5. The van der Waals surface area contributed by atoms with Crippen molar-refractivity contribution in [1.29, 1.82) is 0 Å². The van der Waals surface area contributed by atoms with Crippen molar-refractivity contribution in [3.05, 3.63) is 69.7 Å². The molecule has 0 spiro atoms. The molecule has 0 unspecified atom stereocenters. The standard InChI is InChI=1S/C18H12Cl2N4OS/c19-13-5-1-11(2-6-13)9-21-15-16(23-18(26)24-17(15)25)22-10-12-3-7-14(20)8-4-12/h1-10H,(H2,23,24,25,26)/b21-9+,22-10+. The van der Waals surface area contributed by atoms with E-state index in [1.807, 2.05) is 12.1 Å². The van der Waals surface area contributed by atoms with Gasteiger partial charge in [-0.1, -0.05) is 47.5 Å². The number of aromatic nitrogens is 2. The van der Waals surface area contributed by atoms with Crippen molar-refractivity contribution in [3.63, 3.8) is 0 Å². The molecule has 0 saturated carbocycles. The fraction of sp³-hybridized carbons (Fsp3) is 0. The van der Waals surface area contributed by atoms with Crippen molar-refractivity contribution in [3.8, 4) is 5.88 Å². The van der Waals surface area contributed by atoms with Crippen LogP contribution in [0.2, 0.25) is 10.0 Å². The van der Waals surface area contributed by atoms with Crippen molar-refractivity contribution < 1.29 is 5.11 Å². The number of hydrogen-bond acceptors (Lipinski definition) is 6. The Bertz CT molecular complexity index is 974. The topological polar surface area (TPSA) is 70.7 Å². The van der Waals surface area contributed by atoms with Crippen molar-refractivity contribution in [1.82, 2.24) is 9.97 Å². The summed E-state index contributed by atoms with van der Waals surface area (Å²) >= 11 is 15.8. The van der Waals surface area contributed by atoms with Crippen LogP contribution in [0.1, 0.15) is 11.1 Å². The van der Waals surface area contributed by atoms with Gasteiger partial charge in [0.05, 0.1) is 0 Å². The van der Waals surface area contributed by atoms with Gasteiger partial charge in [-0.3, -0.25) is 0 Å². The van der Waals surface area contributed by atoms with Gasteiger partial charge in [-0.25, -0.2) is 15.0 Å². The van der Waals surface area contributed by atoms with Gasteiger partial charge < -0.3 is 5.11 Å². The van der Waals surface area contributed by atoms with Gasteiger partial charge in [-0.05, 0) is 35.4 Å². The molecule has 0 aliphatic rings. The Labute approximate surface area is 165 Å². The highest BCUT2D eigenvalue weighted by Gasteiger charge is 2.11. The van der Waals surface area contributed by atoms with Crippen LogP contribution in [0.15, 0.2) is 63.7 Å². The molecule has 0 aliphatic heterocycles. The first-order chi connectivity index (χ1) is 12.5. The van der Waals surface area contributed by atoms with Gasteiger partial charge in [-0.15, -0.1) is 12.6 Å². The molecule has 1 heterocycles. The Morgan fingerprint density at radius 1 is 0.808 bits per heavy atom. The summed E-state index contributed by atoms with van der Waals surface area (Å²) in [7, 11) is 0. The maximum Gasteiger partial charge on any atom is 0.243 e. The molecule has 0 aliphatic carbocycles. The Morgan fingerprint density at radius 3 is 1.85 bits per heavy atom. The zero-order valence-electron chi connectivity index (χ0n) is 13.2. The van der Waals surface area contributed by atoms with Gasteiger partial charge in [0.15, 0.2) is 16.7 Å². The molecule has 5 nitrogen and oxygen atoms in total. The van der Waals surface area contributed by atoms with Gasteiger partial charge >= 0.3 is 0 Å². The quantitative estimate of drug-likeness (QED) is 0.354. The average molecular weight is 403 g/mol. The van der Waals surface area contributed by atoms with E-state index in [-0.39, 0.29) is 22.5 Å². The molecule has 1 N–H and O–H groups in total. The lowest BCUT2D eigenvalue weighted by Crippen LogP contribution is -1.88. The van der Waals surface area contributed by atoms with Crippen molar-refractivity contribution >= 4 is 59.8 Å². The van der Waals surface area contributed by atoms with Crippen LogP contribution in [0, 0.1) is 0 Å². The fourth-order valence-electron chi connectivity index (χ4n) is 2.00. The zero-order valence-corrected chi connectivity index (χ0v) is 15.6. The predicted molar refractivity (Wildman–Crippen MR) is 108 cm³/mol. The highest BCUT2D eigenvalue weighted by Crippen LogP contribution is 2.34. The number of aromatic hydroxyl groups is 1. The fourth-order valence-corrected chi connectivity index (χ4v) is 2.44. The minimum atomic E-state index is -0.307. The molecule has 2 aromatic carbocycles. The minimum absolute atomic E-state index is 0.0937. The summed E-state index contributed by atoms with van der Waals surface area (Å²) in [5.41, 5.74) is 1.76. The normalized spacial score (nSPS) is 11.5. The number of benzene rings is 2. The van der Waals surface area contributed by atoms with Crippen LogP contribution >= 0.6 is 35.8 Å². The summed E-state index contributed by atoms with van der Waals surface area (Å²) in [4.78, 5) is 16.5. The van der Waals surface area contributed by atoms with Crippen molar-refractivity contribution in [2.24, 2.45) is 9.98 Å². The van der Waals surface area contributed by atoms with Crippen LogP contribution in [-0.2, 0) is 0 Å². The van der Waals surface area contributed by atoms with E-state index in [4.69, 9.17) is 23.2 Å². The molecule has 0 radical (unpaired) electrons. The third kappa shape index (κ3) is 4.82. The molecule has 3 aromatic rings. The van der Waals surface area contributed by atoms with E-state index in [2.05, 4.69) is 32.6 Å².